The molecule has 0 spiro atoms. The summed E-state index contributed by atoms with van der Waals surface area (Å²) in [5.74, 6) is 0. The molecule has 0 fully saturated rings. The molecule has 0 radical (unpaired) electrons. The molecular formula is C12H13N5O. The summed E-state index contributed by atoms with van der Waals surface area (Å²) < 4.78 is 1.48. The zero-order valence-corrected chi connectivity index (χ0v) is 10.2. The maximum Gasteiger partial charge on any atom is 0.276 e. The summed E-state index contributed by atoms with van der Waals surface area (Å²) in [7, 11) is 0. The van der Waals surface area contributed by atoms with Crippen molar-refractivity contribution >= 4 is 5.65 Å². The SMILES string of the molecule is CCc1c(C)nc2c(-c3cn[nH]c3)c[nH]n2c1=O. The number of aryl methyl sites for hydroxylation is 1. The molecule has 2 N–H and O–H groups in total. The van der Waals surface area contributed by atoms with Gasteiger partial charge < -0.3 is 0 Å². The highest BCUT2D eigenvalue weighted by molar-refractivity contribution is 5.76. The highest BCUT2D eigenvalue weighted by atomic mass is 16.1. The molecule has 0 saturated heterocycles. The lowest BCUT2D eigenvalue weighted by Crippen LogP contribution is -2.21. The third-order valence-corrected chi connectivity index (χ3v) is 3.13. The molecule has 0 bridgehead atoms. The van der Waals surface area contributed by atoms with Crippen LogP contribution in [-0.4, -0.2) is 24.8 Å². The maximum atomic E-state index is 12.2. The highest BCUT2D eigenvalue weighted by Gasteiger charge is 2.13. The first kappa shape index (κ1) is 10.8. The van der Waals surface area contributed by atoms with Crippen molar-refractivity contribution in [3.63, 3.8) is 0 Å². The summed E-state index contributed by atoms with van der Waals surface area (Å²) in [6.45, 7) is 3.82. The van der Waals surface area contributed by atoms with Gasteiger partial charge in [0.1, 0.15) is 0 Å². The number of aromatic amines is 2. The van der Waals surface area contributed by atoms with Crippen LogP contribution >= 0.6 is 0 Å². The van der Waals surface area contributed by atoms with Crippen molar-refractivity contribution in [2.24, 2.45) is 0 Å². The molecule has 0 aromatic carbocycles. The third-order valence-electron chi connectivity index (χ3n) is 3.13. The average molecular weight is 243 g/mol. The summed E-state index contributed by atoms with van der Waals surface area (Å²) in [5, 5.41) is 9.61. The smallest absolute Gasteiger partial charge is 0.276 e. The molecule has 0 saturated carbocycles. The maximum absolute atomic E-state index is 12.2. The minimum absolute atomic E-state index is 0.0326. The molecule has 18 heavy (non-hydrogen) atoms. The van der Waals surface area contributed by atoms with E-state index in [1.165, 1.54) is 4.52 Å². The minimum Gasteiger partial charge on any atom is -0.296 e. The number of hydrogen-bond acceptors (Lipinski definition) is 3. The molecule has 0 unspecified atom stereocenters. The Hall–Kier alpha value is -2.37. The Kier molecular flexibility index (Phi) is 2.29. The van der Waals surface area contributed by atoms with Crippen LogP contribution in [0.3, 0.4) is 0 Å². The summed E-state index contributed by atoms with van der Waals surface area (Å²) in [4.78, 5) is 16.7. The average Bonchev–Trinajstić information content (AvgIpc) is 2.96. The van der Waals surface area contributed by atoms with Crippen LogP contribution in [0.5, 0.6) is 0 Å². The quantitative estimate of drug-likeness (QED) is 0.711. The Morgan fingerprint density at radius 1 is 1.39 bits per heavy atom. The molecule has 92 valence electrons. The Labute approximate surface area is 103 Å². The lowest BCUT2D eigenvalue weighted by Gasteiger charge is -2.03. The van der Waals surface area contributed by atoms with Crippen LogP contribution in [0.1, 0.15) is 18.2 Å². The van der Waals surface area contributed by atoms with Crippen LogP contribution in [0, 0.1) is 6.92 Å². The molecule has 0 aliphatic heterocycles. The second kappa shape index (κ2) is 3.83. The van der Waals surface area contributed by atoms with Crippen molar-refractivity contribution in [3.05, 3.63) is 40.2 Å². The van der Waals surface area contributed by atoms with Crippen molar-refractivity contribution in [1.82, 2.24) is 24.8 Å². The van der Waals surface area contributed by atoms with Crippen LogP contribution in [-0.2, 0) is 6.42 Å². The Morgan fingerprint density at radius 2 is 2.22 bits per heavy atom. The van der Waals surface area contributed by atoms with Gasteiger partial charge in [-0.3, -0.25) is 15.0 Å². The molecule has 6 heteroatoms. The Balaban J connectivity index is 2.37. The second-order valence-electron chi connectivity index (χ2n) is 4.17. The van der Waals surface area contributed by atoms with E-state index in [2.05, 4.69) is 20.3 Å². The van der Waals surface area contributed by atoms with E-state index in [1.807, 2.05) is 13.8 Å². The van der Waals surface area contributed by atoms with Crippen molar-refractivity contribution in [2.45, 2.75) is 20.3 Å². The van der Waals surface area contributed by atoms with Crippen molar-refractivity contribution in [3.8, 4) is 11.1 Å². The van der Waals surface area contributed by atoms with E-state index < -0.39 is 0 Å². The van der Waals surface area contributed by atoms with Crippen molar-refractivity contribution < 1.29 is 0 Å². The fraction of sp³-hybridized carbons (Fsp3) is 0.250. The zero-order chi connectivity index (χ0) is 12.7. The van der Waals surface area contributed by atoms with Crippen molar-refractivity contribution in [2.75, 3.05) is 0 Å². The van der Waals surface area contributed by atoms with Gasteiger partial charge in [-0.1, -0.05) is 6.92 Å². The summed E-state index contributed by atoms with van der Waals surface area (Å²) in [5.41, 5.74) is 3.90. The van der Waals surface area contributed by atoms with Gasteiger partial charge in [-0.25, -0.2) is 9.50 Å². The van der Waals surface area contributed by atoms with E-state index >= 15 is 0 Å². The van der Waals surface area contributed by atoms with E-state index in [-0.39, 0.29) is 5.56 Å². The van der Waals surface area contributed by atoms with E-state index in [0.717, 1.165) is 22.4 Å². The minimum atomic E-state index is -0.0326. The molecule has 0 aliphatic rings. The lowest BCUT2D eigenvalue weighted by molar-refractivity contribution is 0.853. The largest absolute Gasteiger partial charge is 0.296 e. The van der Waals surface area contributed by atoms with Gasteiger partial charge >= 0.3 is 0 Å². The first-order valence-corrected chi connectivity index (χ1v) is 5.81. The summed E-state index contributed by atoms with van der Waals surface area (Å²) >= 11 is 0. The van der Waals surface area contributed by atoms with Crippen LogP contribution in [0.4, 0.5) is 0 Å². The van der Waals surface area contributed by atoms with E-state index in [9.17, 15) is 4.79 Å². The number of hydrogen-bond donors (Lipinski definition) is 2. The van der Waals surface area contributed by atoms with E-state index in [4.69, 9.17) is 0 Å². The van der Waals surface area contributed by atoms with Crippen molar-refractivity contribution in [1.29, 1.82) is 0 Å². The number of nitrogens with zero attached hydrogens (tertiary/aromatic N) is 3. The fourth-order valence-electron chi connectivity index (χ4n) is 2.17. The van der Waals surface area contributed by atoms with Crippen LogP contribution in [0.15, 0.2) is 23.4 Å². The predicted octanol–water partition coefficient (Wildman–Crippen LogP) is 1.28. The van der Waals surface area contributed by atoms with Crippen LogP contribution in [0.2, 0.25) is 0 Å². The van der Waals surface area contributed by atoms with Gasteiger partial charge in [-0.15, -0.1) is 0 Å². The number of nitrogens with one attached hydrogen (secondary N) is 2. The topological polar surface area (TPSA) is 78.8 Å². The molecule has 3 aromatic heterocycles. The molecule has 0 aliphatic carbocycles. The standard InChI is InChI=1S/C12H13N5O/c1-3-9-7(2)16-11-10(8-4-13-14-5-8)6-15-17(11)12(9)18/h4-6,15H,3H2,1-2H3,(H,13,14). The van der Waals surface area contributed by atoms with Gasteiger partial charge in [0, 0.05) is 34.8 Å². The highest BCUT2D eigenvalue weighted by Crippen LogP contribution is 2.21. The zero-order valence-electron chi connectivity index (χ0n) is 10.2. The molecular weight excluding hydrogens is 230 g/mol. The second-order valence-corrected chi connectivity index (χ2v) is 4.17. The van der Waals surface area contributed by atoms with E-state index in [1.54, 1.807) is 18.6 Å². The Morgan fingerprint density at radius 3 is 2.89 bits per heavy atom. The van der Waals surface area contributed by atoms with Crippen LogP contribution in [0.25, 0.3) is 16.8 Å². The van der Waals surface area contributed by atoms with Gasteiger partial charge in [0.05, 0.1) is 6.20 Å². The number of rotatable bonds is 2. The molecule has 0 amide bonds. The van der Waals surface area contributed by atoms with Gasteiger partial charge in [0.2, 0.25) is 0 Å². The fourth-order valence-corrected chi connectivity index (χ4v) is 2.17. The lowest BCUT2D eigenvalue weighted by atomic mass is 10.1. The van der Waals surface area contributed by atoms with Gasteiger partial charge in [0.15, 0.2) is 5.65 Å². The van der Waals surface area contributed by atoms with Gasteiger partial charge in [-0.05, 0) is 13.3 Å². The predicted molar refractivity (Wildman–Crippen MR) is 67.5 cm³/mol. The van der Waals surface area contributed by atoms with E-state index in [0.29, 0.717) is 12.1 Å². The number of fused-ring (bicyclic) bond motifs is 1. The summed E-state index contributed by atoms with van der Waals surface area (Å²) in [6, 6.07) is 0. The number of aromatic nitrogens is 5. The third kappa shape index (κ3) is 1.38. The molecule has 3 heterocycles. The Bertz CT molecular complexity index is 751. The summed E-state index contributed by atoms with van der Waals surface area (Å²) in [6.07, 6.45) is 5.94. The molecule has 0 atom stereocenters. The monoisotopic (exact) mass is 243 g/mol. The molecule has 3 aromatic rings. The molecule has 3 rings (SSSR count). The van der Waals surface area contributed by atoms with Gasteiger partial charge in [-0.2, -0.15) is 5.10 Å². The first-order chi connectivity index (χ1) is 8.72. The van der Waals surface area contributed by atoms with Crippen LogP contribution < -0.4 is 5.56 Å². The number of H-pyrrole nitrogens is 2. The normalized spacial score (nSPS) is 11.2. The first-order valence-electron chi connectivity index (χ1n) is 5.81. The van der Waals surface area contributed by atoms with Gasteiger partial charge in [0.25, 0.3) is 5.56 Å². The molecule has 6 nitrogen and oxygen atoms in total.